The van der Waals surface area contributed by atoms with E-state index in [-0.39, 0.29) is 10.8 Å². The van der Waals surface area contributed by atoms with Gasteiger partial charge < -0.3 is 10.2 Å². The summed E-state index contributed by atoms with van der Waals surface area (Å²) < 4.78 is 13.2. The van der Waals surface area contributed by atoms with Crippen LogP contribution in [0.2, 0.25) is 5.02 Å². The van der Waals surface area contributed by atoms with Crippen molar-refractivity contribution in [2.45, 2.75) is 0 Å². The standard InChI is InChI=1S/C13H19ClFN3/c1-17-6-8-18(9-7-17)5-4-16-11-2-3-12(14)13(15)10-11/h2-3,10,16H,4-9H2,1H3. The van der Waals surface area contributed by atoms with Gasteiger partial charge in [0.05, 0.1) is 5.02 Å². The highest BCUT2D eigenvalue weighted by molar-refractivity contribution is 6.30. The van der Waals surface area contributed by atoms with Gasteiger partial charge in [0.1, 0.15) is 5.82 Å². The van der Waals surface area contributed by atoms with E-state index in [9.17, 15) is 4.39 Å². The van der Waals surface area contributed by atoms with Gasteiger partial charge in [0.25, 0.3) is 0 Å². The summed E-state index contributed by atoms with van der Waals surface area (Å²) in [4.78, 5) is 4.75. The van der Waals surface area contributed by atoms with E-state index < -0.39 is 0 Å². The fourth-order valence-corrected chi connectivity index (χ4v) is 2.15. The molecule has 2 rings (SSSR count). The van der Waals surface area contributed by atoms with Gasteiger partial charge in [-0.2, -0.15) is 0 Å². The van der Waals surface area contributed by atoms with E-state index in [1.165, 1.54) is 6.07 Å². The van der Waals surface area contributed by atoms with Crippen molar-refractivity contribution in [2.75, 3.05) is 51.6 Å². The molecular weight excluding hydrogens is 253 g/mol. The summed E-state index contributed by atoms with van der Waals surface area (Å²) in [6.45, 7) is 6.26. The summed E-state index contributed by atoms with van der Waals surface area (Å²) in [5, 5.41) is 3.38. The fraction of sp³-hybridized carbons (Fsp3) is 0.538. The van der Waals surface area contributed by atoms with Gasteiger partial charge in [-0.05, 0) is 25.2 Å². The smallest absolute Gasteiger partial charge is 0.143 e. The van der Waals surface area contributed by atoms with Crippen LogP contribution in [0, 0.1) is 5.82 Å². The zero-order valence-corrected chi connectivity index (χ0v) is 11.4. The number of piperazine rings is 1. The second kappa shape index (κ2) is 6.36. The van der Waals surface area contributed by atoms with Crippen LogP contribution in [0.15, 0.2) is 18.2 Å². The third-order valence-corrected chi connectivity index (χ3v) is 3.58. The highest BCUT2D eigenvalue weighted by atomic mass is 35.5. The van der Waals surface area contributed by atoms with Crippen LogP contribution < -0.4 is 5.32 Å². The molecule has 0 aliphatic carbocycles. The Kier molecular flexibility index (Phi) is 4.80. The lowest BCUT2D eigenvalue weighted by molar-refractivity contribution is 0.158. The summed E-state index contributed by atoms with van der Waals surface area (Å²) in [5.41, 5.74) is 0.783. The minimum atomic E-state index is -0.374. The maximum absolute atomic E-state index is 13.2. The normalized spacial score (nSPS) is 17.9. The summed E-state index contributed by atoms with van der Waals surface area (Å²) in [7, 11) is 2.14. The quantitative estimate of drug-likeness (QED) is 0.905. The van der Waals surface area contributed by atoms with E-state index in [2.05, 4.69) is 22.2 Å². The number of nitrogens with one attached hydrogen (secondary N) is 1. The first kappa shape index (κ1) is 13.6. The molecule has 5 heteroatoms. The van der Waals surface area contributed by atoms with E-state index >= 15 is 0 Å². The Balaban J connectivity index is 1.73. The van der Waals surface area contributed by atoms with Crippen molar-refractivity contribution in [3.8, 4) is 0 Å². The van der Waals surface area contributed by atoms with Crippen LogP contribution in [0.4, 0.5) is 10.1 Å². The molecule has 1 aliphatic heterocycles. The van der Waals surface area contributed by atoms with Crippen molar-refractivity contribution in [2.24, 2.45) is 0 Å². The Morgan fingerprint density at radius 2 is 2.00 bits per heavy atom. The van der Waals surface area contributed by atoms with E-state index in [0.717, 1.165) is 45.0 Å². The summed E-state index contributed by atoms with van der Waals surface area (Å²) in [6, 6.07) is 4.82. The average molecular weight is 272 g/mol. The second-order valence-corrected chi connectivity index (χ2v) is 5.11. The number of nitrogens with zero attached hydrogens (tertiary/aromatic N) is 2. The minimum Gasteiger partial charge on any atom is -0.384 e. The summed E-state index contributed by atoms with van der Waals surface area (Å²) >= 11 is 5.63. The Labute approximate surface area is 113 Å². The predicted molar refractivity (Wildman–Crippen MR) is 73.8 cm³/mol. The molecule has 0 bridgehead atoms. The summed E-state index contributed by atoms with van der Waals surface area (Å²) in [5.74, 6) is -0.374. The molecule has 1 N–H and O–H groups in total. The molecule has 0 aromatic heterocycles. The van der Waals surface area contributed by atoms with Crippen LogP contribution in [-0.2, 0) is 0 Å². The Hall–Kier alpha value is -0.840. The topological polar surface area (TPSA) is 18.5 Å². The van der Waals surface area contributed by atoms with Crippen LogP contribution in [-0.4, -0.2) is 56.1 Å². The Bertz CT molecular complexity index is 392. The van der Waals surface area contributed by atoms with Crippen LogP contribution in [0.3, 0.4) is 0 Å². The average Bonchev–Trinajstić information content (AvgIpc) is 2.36. The molecule has 1 aromatic carbocycles. The predicted octanol–water partition coefficient (Wildman–Crippen LogP) is 2.14. The molecule has 1 fully saturated rings. The van der Waals surface area contributed by atoms with Gasteiger partial charge in [-0.3, -0.25) is 4.90 Å². The van der Waals surface area contributed by atoms with Crippen LogP contribution in [0.25, 0.3) is 0 Å². The number of halogens is 2. The first-order valence-corrected chi connectivity index (χ1v) is 6.63. The third-order valence-electron chi connectivity index (χ3n) is 3.27. The lowest BCUT2D eigenvalue weighted by Gasteiger charge is -2.32. The monoisotopic (exact) mass is 271 g/mol. The minimum absolute atomic E-state index is 0.166. The maximum atomic E-state index is 13.2. The van der Waals surface area contributed by atoms with Crippen molar-refractivity contribution in [3.63, 3.8) is 0 Å². The highest BCUT2D eigenvalue weighted by Crippen LogP contribution is 2.18. The Morgan fingerprint density at radius 1 is 1.28 bits per heavy atom. The number of rotatable bonds is 4. The molecule has 0 unspecified atom stereocenters. The molecule has 1 aliphatic rings. The third kappa shape index (κ3) is 3.83. The molecule has 0 atom stereocenters. The Morgan fingerprint density at radius 3 is 2.67 bits per heavy atom. The molecule has 1 heterocycles. The van der Waals surface area contributed by atoms with Gasteiger partial charge >= 0.3 is 0 Å². The number of anilines is 1. The van der Waals surface area contributed by atoms with Crippen molar-refractivity contribution in [3.05, 3.63) is 29.0 Å². The van der Waals surface area contributed by atoms with Crippen molar-refractivity contribution in [1.82, 2.24) is 9.80 Å². The number of hydrogen-bond donors (Lipinski definition) is 1. The number of hydrogen-bond acceptors (Lipinski definition) is 3. The van der Waals surface area contributed by atoms with Crippen molar-refractivity contribution < 1.29 is 4.39 Å². The van der Waals surface area contributed by atoms with E-state index in [4.69, 9.17) is 11.6 Å². The molecule has 0 radical (unpaired) electrons. The largest absolute Gasteiger partial charge is 0.384 e. The van der Waals surface area contributed by atoms with Crippen LogP contribution >= 0.6 is 11.6 Å². The molecule has 0 amide bonds. The maximum Gasteiger partial charge on any atom is 0.143 e. The molecular formula is C13H19ClFN3. The highest BCUT2D eigenvalue weighted by Gasteiger charge is 2.12. The molecule has 0 spiro atoms. The lowest BCUT2D eigenvalue weighted by Crippen LogP contribution is -2.45. The zero-order chi connectivity index (χ0) is 13.0. The molecule has 1 saturated heterocycles. The molecule has 18 heavy (non-hydrogen) atoms. The first-order chi connectivity index (χ1) is 8.65. The van der Waals surface area contributed by atoms with Gasteiger partial charge in [-0.25, -0.2) is 4.39 Å². The zero-order valence-electron chi connectivity index (χ0n) is 10.6. The van der Waals surface area contributed by atoms with Crippen LogP contribution in [0.1, 0.15) is 0 Å². The molecule has 3 nitrogen and oxygen atoms in total. The molecule has 0 saturated carbocycles. The van der Waals surface area contributed by atoms with E-state index in [1.807, 2.05) is 0 Å². The fourth-order valence-electron chi connectivity index (χ4n) is 2.04. The van der Waals surface area contributed by atoms with Crippen molar-refractivity contribution >= 4 is 17.3 Å². The molecule has 100 valence electrons. The number of likely N-dealkylation sites (N-methyl/N-ethyl adjacent to an activating group) is 1. The summed E-state index contributed by atoms with van der Waals surface area (Å²) in [6.07, 6.45) is 0. The lowest BCUT2D eigenvalue weighted by atomic mass is 10.3. The van der Waals surface area contributed by atoms with Gasteiger partial charge in [0, 0.05) is 45.0 Å². The first-order valence-electron chi connectivity index (χ1n) is 6.25. The SMILES string of the molecule is CN1CCN(CCNc2ccc(Cl)c(F)c2)CC1. The van der Waals surface area contributed by atoms with Crippen molar-refractivity contribution in [1.29, 1.82) is 0 Å². The van der Waals surface area contributed by atoms with Gasteiger partial charge in [-0.1, -0.05) is 11.6 Å². The second-order valence-electron chi connectivity index (χ2n) is 4.70. The van der Waals surface area contributed by atoms with Gasteiger partial charge in [-0.15, -0.1) is 0 Å². The van der Waals surface area contributed by atoms with Crippen LogP contribution in [0.5, 0.6) is 0 Å². The van der Waals surface area contributed by atoms with Gasteiger partial charge in [0.15, 0.2) is 0 Å². The number of benzene rings is 1. The molecule has 1 aromatic rings. The van der Waals surface area contributed by atoms with E-state index in [1.54, 1.807) is 12.1 Å². The van der Waals surface area contributed by atoms with Gasteiger partial charge in [0.2, 0.25) is 0 Å². The van der Waals surface area contributed by atoms with E-state index in [0.29, 0.717) is 0 Å².